The van der Waals surface area contributed by atoms with Crippen molar-refractivity contribution in [2.24, 2.45) is 0 Å². The Bertz CT molecular complexity index is 895. The Labute approximate surface area is 165 Å². The number of likely N-dealkylation sites (tertiary alicyclic amines) is 1. The van der Waals surface area contributed by atoms with Gasteiger partial charge in [-0.25, -0.2) is 0 Å². The fourth-order valence-corrected chi connectivity index (χ4v) is 3.09. The van der Waals surface area contributed by atoms with Crippen LogP contribution in [0.1, 0.15) is 30.0 Å². The van der Waals surface area contributed by atoms with E-state index < -0.39 is 37.6 Å². The van der Waals surface area contributed by atoms with Gasteiger partial charge >= 0.3 is 11.4 Å². The molecule has 0 saturated carbocycles. The van der Waals surface area contributed by atoms with Crippen LogP contribution in [0.15, 0.2) is 36.4 Å². The minimum atomic E-state index is -1.21. The number of phenols is 1. The molecule has 1 heterocycles. The molecule has 1 aliphatic heterocycles. The second-order valence-electron chi connectivity index (χ2n) is 6.65. The molecule has 1 fully saturated rings. The van der Waals surface area contributed by atoms with Gasteiger partial charge in [-0.2, -0.15) is 0 Å². The highest BCUT2D eigenvalue weighted by molar-refractivity contribution is 5.64. The van der Waals surface area contributed by atoms with Gasteiger partial charge < -0.3 is 5.11 Å². The molecule has 29 heavy (non-hydrogen) atoms. The number of non-ortho nitro benzene ring substituents is 1. The van der Waals surface area contributed by atoms with E-state index in [4.69, 9.17) is 5.11 Å². The first-order valence-electron chi connectivity index (χ1n) is 8.68. The van der Waals surface area contributed by atoms with Crippen LogP contribution < -0.4 is 0 Å². The summed E-state index contributed by atoms with van der Waals surface area (Å²) in [6.45, 7) is 3.39. The van der Waals surface area contributed by atoms with Crippen molar-refractivity contribution in [3.8, 4) is 5.75 Å². The van der Waals surface area contributed by atoms with Gasteiger partial charge in [-0.05, 0) is 38.9 Å². The van der Waals surface area contributed by atoms with E-state index in [1.165, 1.54) is 30.5 Å². The van der Waals surface area contributed by atoms with E-state index in [-0.39, 0.29) is 0 Å². The number of phenolic OH excluding ortho intramolecular Hbond substituents is 1. The maximum atomic E-state index is 10.4. The van der Waals surface area contributed by atoms with Crippen molar-refractivity contribution in [1.82, 2.24) is 4.90 Å². The lowest BCUT2D eigenvalue weighted by Crippen LogP contribution is -2.17. The van der Waals surface area contributed by atoms with E-state index >= 15 is 0 Å². The topological polar surface area (TPSA) is 153 Å². The first-order chi connectivity index (χ1) is 13.6. The molecule has 1 unspecified atom stereocenters. The molecule has 11 nitrogen and oxygen atoms in total. The Kier molecular flexibility index (Phi) is 6.78. The number of benzene rings is 2. The fraction of sp³-hybridized carbons (Fsp3) is 0.333. The summed E-state index contributed by atoms with van der Waals surface area (Å²) in [6, 6.07) is 10.5. The molecule has 1 aliphatic rings. The summed E-state index contributed by atoms with van der Waals surface area (Å²) in [4.78, 5) is 30.2. The molecule has 11 heteroatoms. The van der Waals surface area contributed by atoms with Crippen LogP contribution in [0.5, 0.6) is 5.75 Å². The second kappa shape index (κ2) is 9.06. The summed E-state index contributed by atoms with van der Waals surface area (Å²) < 4.78 is 0. The van der Waals surface area contributed by atoms with Crippen molar-refractivity contribution < 1.29 is 19.9 Å². The van der Waals surface area contributed by atoms with E-state index in [2.05, 4.69) is 43.1 Å². The van der Waals surface area contributed by atoms with Crippen molar-refractivity contribution in [3.05, 3.63) is 77.9 Å². The van der Waals surface area contributed by atoms with Gasteiger partial charge in [-0.1, -0.05) is 29.8 Å². The highest BCUT2D eigenvalue weighted by atomic mass is 16.6. The Hall–Kier alpha value is -3.60. The maximum absolute atomic E-state index is 10.4. The average Bonchev–Trinajstić information content (AvgIpc) is 3.08. The molecule has 2 aromatic carbocycles. The second-order valence-corrected chi connectivity index (χ2v) is 6.65. The zero-order chi connectivity index (χ0) is 21.7. The SMILES string of the molecule is Cc1ccc(C2CCCN2C)cc1.O=[N+]([O-])c1cc([N+](=O)[O-])c(O)c([N+](=O)[O-])c1. The molecule has 0 bridgehead atoms. The molecule has 1 atom stereocenters. The summed E-state index contributed by atoms with van der Waals surface area (Å²) in [5.41, 5.74) is -0.173. The van der Waals surface area contributed by atoms with Crippen LogP contribution in [0.25, 0.3) is 0 Å². The number of nitrogens with zero attached hydrogens (tertiary/aromatic N) is 4. The Morgan fingerprint density at radius 1 is 0.966 bits per heavy atom. The highest BCUT2D eigenvalue weighted by Crippen LogP contribution is 2.39. The molecule has 0 radical (unpaired) electrons. The molecule has 1 N–H and O–H groups in total. The molecular weight excluding hydrogens is 384 g/mol. The predicted molar refractivity (Wildman–Crippen MR) is 104 cm³/mol. The van der Waals surface area contributed by atoms with Crippen molar-refractivity contribution in [1.29, 1.82) is 0 Å². The molecule has 0 aromatic heterocycles. The molecule has 0 spiro atoms. The number of nitro benzene ring substituents is 3. The van der Waals surface area contributed by atoms with E-state index in [0.717, 1.165) is 0 Å². The van der Waals surface area contributed by atoms with Gasteiger partial charge in [0.05, 0.1) is 26.9 Å². The summed E-state index contributed by atoms with van der Waals surface area (Å²) in [6.07, 6.45) is 2.66. The maximum Gasteiger partial charge on any atom is 0.324 e. The largest absolute Gasteiger partial charge is 0.497 e. The molecule has 1 saturated heterocycles. The normalized spacial score (nSPS) is 16.0. The first-order valence-corrected chi connectivity index (χ1v) is 8.68. The van der Waals surface area contributed by atoms with Gasteiger partial charge in [0, 0.05) is 6.04 Å². The number of hydrogen-bond donors (Lipinski definition) is 1. The first kappa shape index (κ1) is 21.7. The molecule has 3 rings (SSSR count). The van der Waals surface area contributed by atoms with Crippen LogP contribution in [-0.4, -0.2) is 38.4 Å². The number of aromatic hydroxyl groups is 1. The average molecular weight is 404 g/mol. The number of aryl methyl sites for hydroxylation is 1. The molecule has 0 amide bonds. The minimum absolute atomic E-state index is 0.447. The predicted octanol–water partition coefficient (Wildman–Crippen LogP) is 3.88. The van der Waals surface area contributed by atoms with Gasteiger partial charge in [0.15, 0.2) is 0 Å². The highest BCUT2D eigenvalue weighted by Gasteiger charge is 2.30. The Balaban J connectivity index is 0.000000211. The van der Waals surface area contributed by atoms with Crippen LogP contribution in [0, 0.1) is 37.3 Å². The zero-order valence-electron chi connectivity index (χ0n) is 15.8. The van der Waals surface area contributed by atoms with E-state index in [1.807, 2.05) is 0 Å². The number of rotatable bonds is 4. The standard InChI is InChI=1S/C12H17N.C6H3N3O7/c1-10-5-7-11(8-6-10)12-4-3-9-13(12)2;10-6-4(8(13)14)1-3(7(11)12)2-5(6)9(15)16/h5-8,12H,3-4,9H2,1-2H3;1-2,10H. The van der Waals surface area contributed by atoms with Crippen LogP contribution in [0.2, 0.25) is 0 Å². The fourth-order valence-electron chi connectivity index (χ4n) is 3.09. The van der Waals surface area contributed by atoms with E-state index in [0.29, 0.717) is 18.2 Å². The third kappa shape index (κ3) is 5.23. The van der Waals surface area contributed by atoms with Gasteiger partial charge in [0.2, 0.25) is 0 Å². The van der Waals surface area contributed by atoms with Crippen LogP contribution in [0.3, 0.4) is 0 Å². The minimum Gasteiger partial charge on any atom is -0.497 e. The van der Waals surface area contributed by atoms with Crippen LogP contribution in [-0.2, 0) is 0 Å². The van der Waals surface area contributed by atoms with Crippen LogP contribution in [0.4, 0.5) is 17.1 Å². The van der Waals surface area contributed by atoms with Crippen molar-refractivity contribution >= 4 is 17.1 Å². The quantitative estimate of drug-likeness (QED) is 0.595. The molecular formula is C18H20N4O7. The lowest BCUT2D eigenvalue weighted by molar-refractivity contribution is -0.404. The smallest absolute Gasteiger partial charge is 0.324 e. The monoisotopic (exact) mass is 404 g/mol. The van der Waals surface area contributed by atoms with Gasteiger partial charge in [-0.3, -0.25) is 35.2 Å². The third-order valence-corrected chi connectivity index (χ3v) is 4.64. The summed E-state index contributed by atoms with van der Waals surface area (Å²) >= 11 is 0. The molecule has 0 aliphatic carbocycles. The zero-order valence-corrected chi connectivity index (χ0v) is 15.8. The molecule has 154 valence electrons. The van der Waals surface area contributed by atoms with Crippen molar-refractivity contribution in [3.63, 3.8) is 0 Å². The lowest BCUT2D eigenvalue weighted by atomic mass is 10.0. The number of nitro groups is 3. The summed E-state index contributed by atoms with van der Waals surface area (Å²) in [7, 11) is 2.22. The third-order valence-electron chi connectivity index (χ3n) is 4.64. The van der Waals surface area contributed by atoms with Crippen molar-refractivity contribution in [2.45, 2.75) is 25.8 Å². The Morgan fingerprint density at radius 2 is 1.48 bits per heavy atom. The summed E-state index contributed by atoms with van der Waals surface area (Å²) in [5.74, 6) is -1.21. The van der Waals surface area contributed by atoms with Gasteiger partial charge in [0.1, 0.15) is 0 Å². The van der Waals surface area contributed by atoms with Crippen LogP contribution >= 0.6 is 0 Å². The number of hydrogen-bond acceptors (Lipinski definition) is 8. The van der Waals surface area contributed by atoms with Gasteiger partial charge in [-0.15, -0.1) is 0 Å². The molecule has 2 aromatic rings. The summed E-state index contributed by atoms with van der Waals surface area (Å²) in [5, 5.41) is 40.2. The lowest BCUT2D eigenvalue weighted by Gasteiger charge is -2.19. The van der Waals surface area contributed by atoms with Gasteiger partial charge in [0.25, 0.3) is 11.4 Å². The van der Waals surface area contributed by atoms with E-state index in [1.54, 1.807) is 0 Å². The van der Waals surface area contributed by atoms with E-state index in [9.17, 15) is 30.3 Å². The Morgan fingerprint density at radius 3 is 1.86 bits per heavy atom. The van der Waals surface area contributed by atoms with Crippen molar-refractivity contribution in [2.75, 3.05) is 13.6 Å².